The van der Waals surface area contributed by atoms with Gasteiger partial charge in [0.15, 0.2) is 5.84 Å². The molecular weight excluding hydrogens is 805 g/mol. The van der Waals surface area contributed by atoms with Crippen molar-refractivity contribution in [2.24, 2.45) is 9.98 Å². The van der Waals surface area contributed by atoms with Crippen LogP contribution in [0.5, 0.6) is 0 Å². The van der Waals surface area contributed by atoms with E-state index < -0.39 is 6.17 Å². The van der Waals surface area contributed by atoms with Gasteiger partial charge in [-0.05, 0) is 91.3 Å². The Balaban J connectivity index is 1.08. The normalized spacial score (nSPS) is 14.2. The smallest absolute Gasteiger partial charge is 0.159 e. The van der Waals surface area contributed by atoms with E-state index >= 15 is 0 Å². The van der Waals surface area contributed by atoms with E-state index in [2.05, 4.69) is 228 Å². The summed E-state index contributed by atoms with van der Waals surface area (Å²) >= 11 is 0. The highest BCUT2D eigenvalue weighted by Gasteiger charge is 2.29. The van der Waals surface area contributed by atoms with Crippen LogP contribution in [0.2, 0.25) is 0 Å². The van der Waals surface area contributed by atoms with Crippen LogP contribution in [0, 0.1) is 0 Å². The van der Waals surface area contributed by atoms with Crippen molar-refractivity contribution >= 4 is 98.5 Å². The third kappa shape index (κ3) is 5.60. The number of aromatic nitrogens is 1. The van der Waals surface area contributed by atoms with Crippen LogP contribution in [-0.2, 0) is 0 Å². The Morgan fingerprint density at radius 2 is 1.06 bits per heavy atom. The second kappa shape index (κ2) is 14.4. The molecule has 0 spiro atoms. The zero-order valence-corrected chi connectivity index (χ0v) is 35.6. The van der Waals surface area contributed by atoms with Crippen molar-refractivity contribution in [1.82, 2.24) is 9.88 Å². The van der Waals surface area contributed by atoms with Crippen LogP contribution in [0.1, 0.15) is 22.9 Å². The minimum atomic E-state index is -0.486. The van der Waals surface area contributed by atoms with Crippen molar-refractivity contribution < 1.29 is 4.42 Å². The fourth-order valence-corrected chi connectivity index (χ4v) is 10.5. The van der Waals surface area contributed by atoms with Gasteiger partial charge in [-0.1, -0.05) is 176 Å². The largest absolute Gasteiger partial charge is 0.455 e. The van der Waals surface area contributed by atoms with E-state index in [1.54, 1.807) is 0 Å². The van der Waals surface area contributed by atoms with Crippen molar-refractivity contribution in [1.29, 1.82) is 0 Å². The number of benzene rings is 11. The number of hydrogen-bond acceptors (Lipinski definition) is 4. The topological polar surface area (TPSA) is 54.8 Å². The summed E-state index contributed by atoms with van der Waals surface area (Å²) in [5, 5.41) is 17.7. The van der Waals surface area contributed by atoms with Crippen LogP contribution in [0.3, 0.4) is 0 Å². The maximum atomic E-state index is 6.96. The molecular formula is C61H38N4O. The minimum absolute atomic E-state index is 0.486. The number of nitrogens with one attached hydrogen (secondary N) is 1. The predicted octanol–water partition coefficient (Wildman–Crippen LogP) is 15.5. The van der Waals surface area contributed by atoms with E-state index in [1.807, 2.05) is 0 Å². The van der Waals surface area contributed by atoms with Gasteiger partial charge < -0.3 is 14.3 Å². The Bertz CT molecular complexity index is 4200. The number of fused-ring (bicyclic) bond motifs is 12. The molecule has 1 aliphatic heterocycles. The van der Waals surface area contributed by atoms with Gasteiger partial charge in [0.25, 0.3) is 0 Å². The van der Waals surface area contributed by atoms with Crippen LogP contribution >= 0.6 is 0 Å². The van der Waals surface area contributed by atoms with E-state index in [1.165, 1.54) is 32.3 Å². The number of nitrogens with zero attached hydrogens (tertiary/aromatic N) is 3. The average molecular weight is 843 g/mol. The monoisotopic (exact) mass is 842 g/mol. The number of hydrogen-bond donors (Lipinski definition) is 1. The van der Waals surface area contributed by atoms with Gasteiger partial charge in [0, 0.05) is 38.1 Å². The number of furan rings is 1. The molecule has 1 unspecified atom stereocenters. The van der Waals surface area contributed by atoms with Gasteiger partial charge in [-0.15, -0.1) is 0 Å². The lowest BCUT2D eigenvalue weighted by molar-refractivity contribution is 0.671. The highest BCUT2D eigenvalue weighted by atomic mass is 16.3. The fourth-order valence-electron chi connectivity index (χ4n) is 10.5. The second-order valence-corrected chi connectivity index (χ2v) is 17.3. The summed E-state index contributed by atoms with van der Waals surface area (Å²) in [5.41, 5.74) is 10.1. The number of amidine groups is 2. The van der Waals surface area contributed by atoms with Gasteiger partial charge in [-0.2, -0.15) is 0 Å². The molecule has 66 heavy (non-hydrogen) atoms. The van der Waals surface area contributed by atoms with Crippen molar-refractivity contribution in [3.8, 4) is 16.8 Å². The summed E-state index contributed by atoms with van der Waals surface area (Å²) in [7, 11) is 0. The van der Waals surface area contributed by atoms with Crippen molar-refractivity contribution in [2.75, 3.05) is 0 Å². The standard InChI is InChI=1S/C61H38N4O/c1-2-14-37(15-3-1)38-26-28-40(29-27-38)59-62-60(51-35-43-19-7-8-20-44(43)46-22-10-11-23-47(46)51)64-61(63-59)57-53(32-33-55-56(57)49-31-30-39-16-6-9-21-45(39)58(49)66-55)65-52-25-13-12-24-48(52)50-34-41-17-4-5-18-42(41)36-54(50)65/h1-36,60H,(H,62,63,64). The predicted molar refractivity (Wildman–Crippen MR) is 275 cm³/mol. The van der Waals surface area contributed by atoms with Gasteiger partial charge in [-0.3, -0.25) is 0 Å². The van der Waals surface area contributed by atoms with E-state index in [0.29, 0.717) is 5.84 Å². The van der Waals surface area contributed by atoms with Gasteiger partial charge in [-0.25, -0.2) is 9.98 Å². The summed E-state index contributed by atoms with van der Waals surface area (Å²) < 4.78 is 9.39. The van der Waals surface area contributed by atoms with Gasteiger partial charge >= 0.3 is 0 Å². The number of aliphatic imine (C=N–C) groups is 2. The molecule has 11 aromatic carbocycles. The maximum Gasteiger partial charge on any atom is 0.159 e. The fraction of sp³-hybridized carbons (Fsp3) is 0.0164. The van der Waals surface area contributed by atoms with E-state index in [9.17, 15) is 0 Å². The van der Waals surface area contributed by atoms with Crippen molar-refractivity contribution in [2.45, 2.75) is 6.17 Å². The summed E-state index contributed by atoms with van der Waals surface area (Å²) in [6.07, 6.45) is -0.486. The highest BCUT2D eigenvalue weighted by Crippen LogP contribution is 2.43. The lowest BCUT2D eigenvalue weighted by Crippen LogP contribution is -2.34. The molecule has 5 heteroatoms. The third-order valence-electron chi connectivity index (χ3n) is 13.6. The molecule has 0 radical (unpaired) electrons. The Kier molecular flexibility index (Phi) is 7.98. The molecule has 1 aliphatic rings. The first-order valence-electron chi connectivity index (χ1n) is 22.5. The zero-order chi connectivity index (χ0) is 43.3. The molecule has 1 atom stereocenters. The molecule has 0 saturated carbocycles. The quantitative estimate of drug-likeness (QED) is 0.176. The Hall–Kier alpha value is -8.80. The van der Waals surface area contributed by atoms with Crippen LogP contribution in [0.15, 0.2) is 233 Å². The summed E-state index contributed by atoms with van der Waals surface area (Å²) in [5.74, 6) is 1.37. The van der Waals surface area contributed by atoms with Gasteiger partial charge in [0.05, 0.1) is 22.3 Å². The first-order valence-corrected chi connectivity index (χ1v) is 22.5. The molecule has 14 rings (SSSR count). The minimum Gasteiger partial charge on any atom is -0.455 e. The lowest BCUT2D eigenvalue weighted by Gasteiger charge is -2.27. The summed E-state index contributed by atoms with van der Waals surface area (Å²) in [4.78, 5) is 11.2. The zero-order valence-electron chi connectivity index (χ0n) is 35.6. The van der Waals surface area contributed by atoms with Crippen molar-refractivity contribution in [3.05, 3.63) is 235 Å². The molecule has 5 nitrogen and oxygen atoms in total. The molecule has 0 aliphatic carbocycles. The SMILES string of the molecule is c1ccc(-c2ccc(C3=NC(c4cc5ccccc5c5ccccc45)NC(c4c(-n5c6ccccc6c6cc7ccccc7cc65)ccc5oc6c7ccccc7ccc6c45)=N3)cc2)cc1. The molecule has 13 aromatic rings. The molecule has 0 saturated heterocycles. The van der Waals surface area contributed by atoms with Crippen LogP contribution < -0.4 is 5.32 Å². The molecule has 0 bridgehead atoms. The maximum absolute atomic E-state index is 6.96. The molecule has 3 heterocycles. The molecule has 0 amide bonds. The van der Waals surface area contributed by atoms with E-state index in [0.717, 1.165) is 93.9 Å². The lowest BCUT2D eigenvalue weighted by atomic mass is 9.95. The molecule has 0 fully saturated rings. The average Bonchev–Trinajstić information content (AvgIpc) is 3.93. The Morgan fingerprint density at radius 1 is 0.424 bits per heavy atom. The second-order valence-electron chi connectivity index (χ2n) is 17.3. The number of para-hydroxylation sites is 1. The first kappa shape index (κ1) is 36.7. The molecule has 1 N–H and O–H groups in total. The van der Waals surface area contributed by atoms with E-state index in [-0.39, 0.29) is 0 Å². The highest BCUT2D eigenvalue weighted by molar-refractivity contribution is 6.27. The number of rotatable bonds is 5. The summed E-state index contributed by atoms with van der Waals surface area (Å²) in [6, 6.07) is 78.1. The molecule has 2 aromatic heterocycles. The molecule has 308 valence electrons. The van der Waals surface area contributed by atoms with Crippen LogP contribution in [0.25, 0.3) is 104 Å². The van der Waals surface area contributed by atoms with Gasteiger partial charge in [0.1, 0.15) is 23.2 Å². The Morgan fingerprint density at radius 3 is 1.88 bits per heavy atom. The summed E-state index contributed by atoms with van der Waals surface area (Å²) in [6.45, 7) is 0. The third-order valence-corrected chi connectivity index (χ3v) is 13.6. The van der Waals surface area contributed by atoms with Crippen LogP contribution in [-0.4, -0.2) is 16.2 Å². The first-order chi connectivity index (χ1) is 32.7. The van der Waals surface area contributed by atoms with Gasteiger partial charge in [0.2, 0.25) is 0 Å². The van der Waals surface area contributed by atoms with Crippen LogP contribution in [0.4, 0.5) is 0 Å². The Labute approximate surface area is 379 Å². The van der Waals surface area contributed by atoms with E-state index in [4.69, 9.17) is 14.4 Å². The van der Waals surface area contributed by atoms with Crippen molar-refractivity contribution in [3.63, 3.8) is 0 Å².